The van der Waals surface area contributed by atoms with Gasteiger partial charge in [0, 0.05) is 5.75 Å². The lowest BCUT2D eigenvalue weighted by atomic mass is 9.99. The number of carbonyl (C=O) groups is 1. The summed E-state index contributed by atoms with van der Waals surface area (Å²) in [4.78, 5) is 12.1. The minimum atomic E-state index is -0.633. The highest BCUT2D eigenvalue weighted by Gasteiger charge is 2.33. The van der Waals surface area contributed by atoms with Crippen molar-refractivity contribution in [2.45, 2.75) is 47.8 Å². The van der Waals surface area contributed by atoms with Crippen molar-refractivity contribution in [1.82, 2.24) is 15.5 Å². The molecule has 0 amide bonds. The van der Waals surface area contributed by atoms with Crippen LogP contribution in [0, 0.1) is 0 Å². The molecule has 0 aromatic carbocycles. The molecule has 0 saturated carbocycles. The van der Waals surface area contributed by atoms with Gasteiger partial charge in [-0.3, -0.25) is 4.79 Å². The van der Waals surface area contributed by atoms with Gasteiger partial charge in [0.2, 0.25) is 0 Å². The van der Waals surface area contributed by atoms with Gasteiger partial charge in [0.1, 0.15) is 5.54 Å². The van der Waals surface area contributed by atoms with Crippen LogP contribution in [0.3, 0.4) is 0 Å². The smallest absolute Gasteiger partial charge is 0.326 e. The Hall–Kier alpha value is -0.310. The van der Waals surface area contributed by atoms with E-state index in [-0.39, 0.29) is 5.97 Å². The predicted octanol–water partition coefficient (Wildman–Crippen LogP) is 3.06. The SMILES string of the molecule is CCCNC(C)(CCSc1nnc(SC)s1)C(=O)OCC. The van der Waals surface area contributed by atoms with Crippen molar-refractivity contribution >= 4 is 40.8 Å². The van der Waals surface area contributed by atoms with Crippen molar-refractivity contribution in [1.29, 1.82) is 0 Å². The van der Waals surface area contributed by atoms with E-state index in [1.54, 1.807) is 34.9 Å². The number of nitrogens with one attached hydrogen (secondary N) is 1. The van der Waals surface area contributed by atoms with Crippen LogP contribution in [0.4, 0.5) is 0 Å². The fraction of sp³-hybridized carbons (Fsp3) is 0.769. The third kappa shape index (κ3) is 6.14. The molecule has 1 aromatic heterocycles. The average molecular weight is 350 g/mol. The van der Waals surface area contributed by atoms with Crippen LogP contribution in [0.1, 0.15) is 33.6 Å². The van der Waals surface area contributed by atoms with Crippen LogP contribution in [0.15, 0.2) is 8.68 Å². The molecule has 0 saturated heterocycles. The average Bonchev–Trinajstić information content (AvgIpc) is 2.93. The van der Waals surface area contributed by atoms with Gasteiger partial charge in [-0.2, -0.15) is 0 Å². The summed E-state index contributed by atoms with van der Waals surface area (Å²) >= 11 is 4.82. The second-order valence-electron chi connectivity index (χ2n) is 4.62. The molecule has 21 heavy (non-hydrogen) atoms. The molecule has 0 radical (unpaired) electrons. The van der Waals surface area contributed by atoms with E-state index in [1.165, 1.54) is 0 Å². The highest BCUT2D eigenvalue weighted by atomic mass is 32.2. The first-order valence-corrected chi connectivity index (χ1v) is 10.0. The molecule has 0 fully saturated rings. The van der Waals surface area contributed by atoms with E-state index in [1.807, 2.05) is 20.1 Å². The summed E-state index contributed by atoms with van der Waals surface area (Å²) in [5, 5.41) is 11.5. The first kappa shape index (κ1) is 18.7. The van der Waals surface area contributed by atoms with Gasteiger partial charge in [0.05, 0.1) is 6.61 Å². The van der Waals surface area contributed by atoms with Gasteiger partial charge in [0.25, 0.3) is 0 Å². The number of thioether (sulfide) groups is 2. The summed E-state index contributed by atoms with van der Waals surface area (Å²) in [5.41, 5.74) is -0.633. The Bertz CT molecular complexity index is 442. The molecule has 8 heteroatoms. The summed E-state index contributed by atoms with van der Waals surface area (Å²) in [6.07, 6.45) is 3.67. The maximum absolute atomic E-state index is 12.1. The van der Waals surface area contributed by atoms with E-state index in [2.05, 4.69) is 22.4 Å². The van der Waals surface area contributed by atoms with Crippen LogP contribution in [0.2, 0.25) is 0 Å². The van der Waals surface area contributed by atoms with E-state index in [4.69, 9.17) is 4.74 Å². The molecule has 0 aliphatic rings. The molecule has 1 rings (SSSR count). The number of ether oxygens (including phenoxy) is 1. The first-order chi connectivity index (χ1) is 10.1. The molecular formula is C13H23N3O2S3. The minimum Gasteiger partial charge on any atom is -0.465 e. The Morgan fingerprint density at radius 1 is 1.38 bits per heavy atom. The van der Waals surface area contributed by atoms with Crippen molar-refractivity contribution < 1.29 is 9.53 Å². The number of hydrogen-bond donors (Lipinski definition) is 1. The van der Waals surface area contributed by atoms with Crippen LogP contribution in [-0.4, -0.2) is 46.9 Å². The number of esters is 1. The molecule has 1 heterocycles. The molecule has 0 aliphatic heterocycles. The summed E-state index contributed by atoms with van der Waals surface area (Å²) in [5.74, 6) is 0.621. The number of aromatic nitrogens is 2. The zero-order valence-electron chi connectivity index (χ0n) is 13.0. The lowest BCUT2D eigenvalue weighted by Gasteiger charge is -2.28. The predicted molar refractivity (Wildman–Crippen MR) is 90.4 cm³/mol. The van der Waals surface area contributed by atoms with Crippen molar-refractivity contribution in [3.63, 3.8) is 0 Å². The van der Waals surface area contributed by atoms with Crippen molar-refractivity contribution in [3.8, 4) is 0 Å². The number of hydrogen-bond acceptors (Lipinski definition) is 8. The fourth-order valence-electron chi connectivity index (χ4n) is 1.63. The number of rotatable bonds is 10. The lowest BCUT2D eigenvalue weighted by Crippen LogP contribution is -2.51. The number of carbonyl (C=O) groups excluding carboxylic acids is 1. The van der Waals surface area contributed by atoms with E-state index in [0.717, 1.165) is 27.4 Å². The van der Waals surface area contributed by atoms with Crippen LogP contribution in [0.25, 0.3) is 0 Å². The molecule has 1 N–H and O–H groups in total. The summed E-state index contributed by atoms with van der Waals surface area (Å²) < 4.78 is 7.10. The highest BCUT2D eigenvalue weighted by Crippen LogP contribution is 2.29. The third-order valence-corrected chi connectivity index (χ3v) is 5.92. The van der Waals surface area contributed by atoms with E-state index < -0.39 is 5.54 Å². The third-order valence-electron chi connectivity index (χ3n) is 2.88. The van der Waals surface area contributed by atoms with E-state index in [0.29, 0.717) is 13.0 Å². The molecule has 5 nitrogen and oxygen atoms in total. The van der Waals surface area contributed by atoms with Crippen LogP contribution in [0.5, 0.6) is 0 Å². The Balaban J connectivity index is 2.53. The Morgan fingerprint density at radius 3 is 2.67 bits per heavy atom. The van der Waals surface area contributed by atoms with Crippen molar-refractivity contribution in [2.75, 3.05) is 25.2 Å². The maximum atomic E-state index is 12.1. The maximum Gasteiger partial charge on any atom is 0.326 e. The second kappa shape index (κ2) is 9.66. The van der Waals surface area contributed by atoms with Gasteiger partial charge in [-0.25, -0.2) is 0 Å². The lowest BCUT2D eigenvalue weighted by molar-refractivity contribution is -0.150. The number of nitrogens with zero attached hydrogens (tertiary/aromatic N) is 2. The quantitative estimate of drug-likeness (QED) is 0.514. The summed E-state index contributed by atoms with van der Waals surface area (Å²) in [7, 11) is 0. The molecule has 0 spiro atoms. The molecule has 120 valence electrons. The standard InChI is InChI=1S/C13H23N3O2S3/c1-5-8-14-13(3,10(17)18-6-2)7-9-20-12-16-15-11(19-4)21-12/h14H,5-9H2,1-4H3. The zero-order chi connectivity index (χ0) is 15.7. The van der Waals surface area contributed by atoms with Gasteiger partial charge in [-0.15, -0.1) is 10.2 Å². The van der Waals surface area contributed by atoms with E-state index in [9.17, 15) is 4.79 Å². The molecule has 1 unspecified atom stereocenters. The van der Waals surface area contributed by atoms with Crippen molar-refractivity contribution in [2.24, 2.45) is 0 Å². The van der Waals surface area contributed by atoms with Gasteiger partial charge >= 0.3 is 5.97 Å². The van der Waals surface area contributed by atoms with Crippen molar-refractivity contribution in [3.05, 3.63) is 0 Å². The normalized spacial score (nSPS) is 13.9. The van der Waals surface area contributed by atoms with Gasteiger partial charge in [-0.05, 0) is 39.5 Å². The Labute approximate surface area is 139 Å². The molecular weight excluding hydrogens is 326 g/mol. The molecule has 0 bridgehead atoms. The topological polar surface area (TPSA) is 64.1 Å². The molecule has 1 atom stereocenters. The highest BCUT2D eigenvalue weighted by molar-refractivity contribution is 8.02. The molecule has 0 aliphatic carbocycles. The van der Waals surface area contributed by atoms with E-state index >= 15 is 0 Å². The first-order valence-electron chi connectivity index (χ1n) is 6.98. The van der Waals surface area contributed by atoms with Gasteiger partial charge in [0.15, 0.2) is 8.68 Å². The Kier molecular flexibility index (Phi) is 8.62. The summed E-state index contributed by atoms with van der Waals surface area (Å²) in [6, 6.07) is 0. The van der Waals surface area contributed by atoms with Crippen LogP contribution < -0.4 is 5.32 Å². The zero-order valence-corrected chi connectivity index (χ0v) is 15.4. The monoisotopic (exact) mass is 349 g/mol. The minimum absolute atomic E-state index is 0.180. The molecule has 1 aromatic rings. The van der Waals surface area contributed by atoms with Gasteiger partial charge < -0.3 is 10.1 Å². The fourth-order valence-corrected chi connectivity index (χ4v) is 4.30. The van der Waals surface area contributed by atoms with Crippen LogP contribution >= 0.6 is 34.9 Å². The van der Waals surface area contributed by atoms with Crippen LogP contribution in [-0.2, 0) is 9.53 Å². The Morgan fingerprint density at radius 2 is 2.10 bits per heavy atom. The summed E-state index contributed by atoms with van der Waals surface area (Å²) in [6.45, 7) is 7.03. The largest absolute Gasteiger partial charge is 0.465 e. The van der Waals surface area contributed by atoms with Gasteiger partial charge in [-0.1, -0.05) is 41.8 Å². The second-order valence-corrected chi connectivity index (χ2v) is 7.99.